The molecule has 0 radical (unpaired) electrons. The number of hydrogen-bond donors (Lipinski definition) is 0. The first-order valence-corrected chi connectivity index (χ1v) is 12.1. The Balaban J connectivity index is 1.55. The Morgan fingerprint density at radius 2 is 1.97 bits per heavy atom. The van der Waals surface area contributed by atoms with Gasteiger partial charge in [0.2, 0.25) is 5.91 Å². The lowest BCUT2D eigenvalue weighted by molar-refractivity contribution is -0.127. The first-order valence-electron chi connectivity index (χ1n) is 9.53. The highest BCUT2D eigenvalue weighted by Gasteiger charge is 2.33. The Kier molecular flexibility index (Phi) is 7.85. The van der Waals surface area contributed by atoms with Gasteiger partial charge in [0.25, 0.3) is 0 Å². The highest BCUT2D eigenvalue weighted by atomic mass is 35.5. The van der Waals surface area contributed by atoms with E-state index in [0.717, 1.165) is 40.8 Å². The third-order valence-electron chi connectivity index (χ3n) is 4.64. The third-order valence-corrected chi connectivity index (χ3v) is 7.17. The number of benzene rings is 1. The summed E-state index contributed by atoms with van der Waals surface area (Å²) in [6, 6.07) is 10.1. The fourth-order valence-electron chi connectivity index (χ4n) is 3.18. The second-order valence-corrected chi connectivity index (χ2v) is 10.1. The summed E-state index contributed by atoms with van der Waals surface area (Å²) in [4.78, 5) is 18.5. The Bertz CT molecular complexity index is 841. The topological polar surface area (TPSA) is 39.9 Å². The van der Waals surface area contributed by atoms with Gasteiger partial charge in [0.05, 0.1) is 18.1 Å². The predicted molar refractivity (Wildman–Crippen MR) is 125 cm³/mol. The summed E-state index contributed by atoms with van der Waals surface area (Å²) in [5, 5.41) is 0.701. The molecular weight excluding hydrogens is 426 g/mol. The molecule has 0 bridgehead atoms. The smallest absolute Gasteiger partial charge is 0.233 e. The quantitative estimate of drug-likeness (QED) is 0.518. The van der Waals surface area contributed by atoms with Crippen molar-refractivity contribution in [3.63, 3.8) is 0 Å². The standard InChI is InChI=1S/C21H28ClN3O2S2/c1-23(2)12-16-6-7-17(27-16)13-28-10-9-25-20(26)14-29-21(25)18-8-5-15(24(3)4)11-19(18)22/h5-8,11,21H,9-10,12-14H2,1-4H3. The second kappa shape index (κ2) is 10.2. The number of carbonyl (C=O) groups is 1. The van der Waals surface area contributed by atoms with Gasteiger partial charge in [0.1, 0.15) is 16.9 Å². The van der Waals surface area contributed by atoms with Crippen LogP contribution in [0.1, 0.15) is 22.5 Å². The molecule has 1 saturated heterocycles. The normalized spacial score (nSPS) is 16.8. The lowest BCUT2D eigenvalue weighted by Crippen LogP contribution is -2.30. The number of halogens is 1. The van der Waals surface area contributed by atoms with E-state index < -0.39 is 0 Å². The number of anilines is 1. The molecule has 2 aromatic rings. The van der Waals surface area contributed by atoms with E-state index in [9.17, 15) is 4.79 Å². The van der Waals surface area contributed by atoms with Crippen LogP contribution in [-0.2, 0) is 17.1 Å². The number of thioether (sulfide) groups is 2. The van der Waals surface area contributed by atoms with Crippen LogP contribution in [0.4, 0.5) is 5.69 Å². The molecule has 1 aromatic heterocycles. The average Bonchev–Trinajstić information content (AvgIpc) is 3.25. The van der Waals surface area contributed by atoms with Gasteiger partial charge < -0.3 is 19.1 Å². The number of rotatable bonds is 9. The molecule has 1 atom stereocenters. The zero-order valence-corrected chi connectivity index (χ0v) is 19.7. The van der Waals surface area contributed by atoms with Gasteiger partial charge in [-0.2, -0.15) is 11.8 Å². The minimum atomic E-state index is -0.0119. The number of furan rings is 1. The fraction of sp³-hybridized carbons (Fsp3) is 0.476. The minimum Gasteiger partial charge on any atom is -0.464 e. The molecule has 0 spiro atoms. The molecule has 0 aliphatic carbocycles. The second-order valence-electron chi connectivity index (χ2n) is 7.51. The van der Waals surface area contributed by atoms with Crippen molar-refractivity contribution < 1.29 is 9.21 Å². The molecule has 1 amide bonds. The first-order chi connectivity index (χ1) is 13.8. The molecule has 158 valence electrons. The van der Waals surface area contributed by atoms with Crippen LogP contribution in [0.5, 0.6) is 0 Å². The van der Waals surface area contributed by atoms with Crippen molar-refractivity contribution >= 4 is 46.7 Å². The molecule has 1 aliphatic heterocycles. The van der Waals surface area contributed by atoms with Crippen molar-refractivity contribution in [2.45, 2.75) is 17.7 Å². The molecule has 1 fully saturated rings. The van der Waals surface area contributed by atoms with Crippen molar-refractivity contribution in [1.82, 2.24) is 9.80 Å². The first kappa shape index (κ1) is 22.4. The molecular formula is C21H28ClN3O2S2. The number of nitrogens with zero attached hydrogens (tertiary/aromatic N) is 3. The largest absolute Gasteiger partial charge is 0.464 e. The summed E-state index contributed by atoms with van der Waals surface area (Å²) in [6.07, 6.45) is 0. The van der Waals surface area contributed by atoms with E-state index >= 15 is 0 Å². The molecule has 5 nitrogen and oxygen atoms in total. The summed E-state index contributed by atoms with van der Waals surface area (Å²) < 4.78 is 5.86. The molecule has 2 heterocycles. The number of amides is 1. The highest BCUT2D eigenvalue weighted by Crippen LogP contribution is 2.42. The molecule has 1 aliphatic rings. The van der Waals surface area contributed by atoms with Crippen LogP contribution in [0.2, 0.25) is 5.02 Å². The van der Waals surface area contributed by atoms with Crippen LogP contribution >= 0.6 is 35.1 Å². The number of hydrogen-bond acceptors (Lipinski definition) is 6. The fourth-order valence-corrected chi connectivity index (χ4v) is 5.60. The van der Waals surface area contributed by atoms with Gasteiger partial charge in [-0.05, 0) is 38.4 Å². The van der Waals surface area contributed by atoms with Crippen molar-refractivity contribution in [1.29, 1.82) is 0 Å². The van der Waals surface area contributed by atoms with Crippen LogP contribution in [0, 0.1) is 0 Å². The average molecular weight is 454 g/mol. The Hall–Kier alpha value is -1.28. The summed E-state index contributed by atoms with van der Waals surface area (Å²) in [6.45, 7) is 1.51. The van der Waals surface area contributed by atoms with E-state index in [2.05, 4.69) is 11.0 Å². The van der Waals surface area contributed by atoms with Crippen molar-refractivity contribution in [3.8, 4) is 0 Å². The van der Waals surface area contributed by atoms with Crippen LogP contribution in [-0.4, -0.2) is 61.9 Å². The van der Waals surface area contributed by atoms with Crippen LogP contribution in [0.3, 0.4) is 0 Å². The zero-order valence-electron chi connectivity index (χ0n) is 17.4. The van der Waals surface area contributed by atoms with E-state index in [1.54, 1.807) is 23.5 Å². The Labute approximate surface area is 186 Å². The van der Waals surface area contributed by atoms with Crippen LogP contribution < -0.4 is 4.90 Å². The monoisotopic (exact) mass is 453 g/mol. The van der Waals surface area contributed by atoms with E-state index in [4.69, 9.17) is 16.0 Å². The van der Waals surface area contributed by atoms with Gasteiger partial charge in [-0.25, -0.2) is 0 Å². The maximum atomic E-state index is 12.4. The summed E-state index contributed by atoms with van der Waals surface area (Å²) >= 11 is 9.98. The lowest BCUT2D eigenvalue weighted by Gasteiger charge is -2.25. The van der Waals surface area contributed by atoms with Gasteiger partial charge in [-0.3, -0.25) is 4.79 Å². The molecule has 3 rings (SSSR count). The maximum absolute atomic E-state index is 12.4. The van der Waals surface area contributed by atoms with Crippen molar-refractivity contribution in [3.05, 3.63) is 52.4 Å². The molecule has 29 heavy (non-hydrogen) atoms. The van der Waals surface area contributed by atoms with Crippen LogP contribution in [0.25, 0.3) is 0 Å². The van der Waals surface area contributed by atoms with Gasteiger partial charge in [0, 0.05) is 42.7 Å². The van der Waals surface area contributed by atoms with Gasteiger partial charge in [-0.1, -0.05) is 17.7 Å². The third kappa shape index (κ3) is 5.87. The zero-order chi connectivity index (χ0) is 21.0. The van der Waals surface area contributed by atoms with Crippen molar-refractivity contribution in [2.24, 2.45) is 0 Å². The number of carbonyl (C=O) groups excluding carboxylic acids is 1. The molecule has 1 unspecified atom stereocenters. The predicted octanol–water partition coefficient (Wildman–Crippen LogP) is 4.57. The van der Waals surface area contributed by atoms with E-state index in [0.29, 0.717) is 17.3 Å². The van der Waals surface area contributed by atoms with Crippen LogP contribution in [0.15, 0.2) is 34.7 Å². The van der Waals surface area contributed by atoms with E-state index in [1.807, 2.05) is 62.3 Å². The molecule has 1 aromatic carbocycles. The van der Waals surface area contributed by atoms with Gasteiger partial charge in [0.15, 0.2) is 0 Å². The molecule has 0 N–H and O–H groups in total. The lowest BCUT2D eigenvalue weighted by atomic mass is 10.1. The minimum absolute atomic E-state index is 0.0119. The maximum Gasteiger partial charge on any atom is 0.233 e. The highest BCUT2D eigenvalue weighted by molar-refractivity contribution is 8.00. The summed E-state index contributed by atoms with van der Waals surface area (Å²) in [7, 11) is 8.04. The van der Waals surface area contributed by atoms with E-state index in [-0.39, 0.29) is 11.3 Å². The van der Waals surface area contributed by atoms with Crippen molar-refractivity contribution in [2.75, 3.05) is 51.1 Å². The Morgan fingerprint density at radius 1 is 1.21 bits per heavy atom. The summed E-state index contributed by atoms with van der Waals surface area (Å²) in [5.41, 5.74) is 2.07. The SMILES string of the molecule is CN(C)Cc1ccc(CSCCN2C(=O)CSC2c2ccc(N(C)C)cc2Cl)o1. The molecule has 0 saturated carbocycles. The van der Waals surface area contributed by atoms with Gasteiger partial charge >= 0.3 is 0 Å². The summed E-state index contributed by atoms with van der Waals surface area (Å²) in [5.74, 6) is 4.32. The van der Waals surface area contributed by atoms with Gasteiger partial charge in [-0.15, -0.1) is 11.8 Å². The molecule has 8 heteroatoms. The Morgan fingerprint density at radius 3 is 2.66 bits per heavy atom. The van der Waals surface area contributed by atoms with E-state index in [1.165, 1.54) is 0 Å².